The van der Waals surface area contributed by atoms with E-state index in [1.807, 2.05) is 19.2 Å². The molecule has 0 radical (unpaired) electrons. The van der Waals surface area contributed by atoms with Gasteiger partial charge in [0.05, 0.1) is 17.8 Å². The summed E-state index contributed by atoms with van der Waals surface area (Å²) < 4.78 is 0. The monoisotopic (exact) mass is 526 g/mol. The van der Waals surface area contributed by atoms with Gasteiger partial charge in [-0.2, -0.15) is 0 Å². The summed E-state index contributed by atoms with van der Waals surface area (Å²) >= 11 is 0. The van der Waals surface area contributed by atoms with Crippen molar-refractivity contribution < 1.29 is 15.3 Å². The van der Waals surface area contributed by atoms with Crippen LogP contribution in [0.1, 0.15) is 105 Å². The van der Waals surface area contributed by atoms with Crippen LogP contribution in [0.4, 0.5) is 0 Å². The van der Waals surface area contributed by atoms with E-state index in [-0.39, 0.29) is 45.7 Å². The van der Waals surface area contributed by atoms with E-state index < -0.39 is 5.60 Å². The number of fused-ring (bicyclic) bond motifs is 5. The molecule has 1 heterocycles. The summed E-state index contributed by atoms with van der Waals surface area (Å²) in [6.45, 7) is 15.7. The predicted molar refractivity (Wildman–Crippen MR) is 152 cm³/mol. The molecule has 0 saturated heterocycles. The van der Waals surface area contributed by atoms with Gasteiger partial charge in [-0.3, -0.25) is 4.98 Å². The number of hydrogen-bond donors (Lipinski definition) is 4. The van der Waals surface area contributed by atoms with Gasteiger partial charge in [-0.05, 0) is 128 Å². The number of pyridine rings is 1. The first-order valence-electron chi connectivity index (χ1n) is 15.5. The molecule has 5 rings (SSSR count). The number of aromatic nitrogens is 1. The Kier molecular flexibility index (Phi) is 7.37. The minimum Gasteiger partial charge on any atom is -0.393 e. The number of hydrogen-bond acceptors (Lipinski definition) is 5. The highest BCUT2D eigenvalue weighted by atomic mass is 16.3. The van der Waals surface area contributed by atoms with Gasteiger partial charge >= 0.3 is 0 Å². The van der Waals surface area contributed by atoms with Crippen molar-refractivity contribution in [3.8, 4) is 0 Å². The molecule has 10 atom stereocenters. The van der Waals surface area contributed by atoms with Gasteiger partial charge < -0.3 is 20.6 Å². The average Bonchev–Trinajstić information content (AvgIpc) is 3.25. The fourth-order valence-electron chi connectivity index (χ4n) is 10.9. The summed E-state index contributed by atoms with van der Waals surface area (Å²) in [5, 5.41) is 38.1. The smallest absolute Gasteiger partial charge is 0.0652 e. The number of aliphatic hydroxyl groups excluding tert-OH is 2. The maximum absolute atomic E-state index is 11.9. The van der Waals surface area contributed by atoms with E-state index in [0.29, 0.717) is 11.8 Å². The Labute approximate surface area is 231 Å². The Morgan fingerprint density at radius 2 is 1.74 bits per heavy atom. The van der Waals surface area contributed by atoms with E-state index in [0.717, 1.165) is 64.5 Å². The van der Waals surface area contributed by atoms with Crippen LogP contribution in [0.15, 0.2) is 24.5 Å². The van der Waals surface area contributed by atoms with Crippen molar-refractivity contribution >= 4 is 0 Å². The number of aliphatic hydroxyl groups is 3. The van der Waals surface area contributed by atoms with E-state index >= 15 is 0 Å². The molecule has 4 saturated carbocycles. The lowest BCUT2D eigenvalue weighted by Gasteiger charge is -2.70. The van der Waals surface area contributed by atoms with Crippen molar-refractivity contribution in [1.82, 2.24) is 10.3 Å². The van der Waals surface area contributed by atoms with Crippen molar-refractivity contribution in [3.05, 3.63) is 30.1 Å². The highest BCUT2D eigenvalue weighted by Gasteiger charge is 2.71. The van der Waals surface area contributed by atoms with E-state index in [1.54, 1.807) is 6.20 Å². The van der Waals surface area contributed by atoms with Crippen LogP contribution in [0.3, 0.4) is 0 Å². The van der Waals surface area contributed by atoms with Crippen LogP contribution >= 0.6 is 0 Å². The van der Waals surface area contributed by atoms with Crippen molar-refractivity contribution in [1.29, 1.82) is 0 Å². The number of rotatable bonds is 7. The van der Waals surface area contributed by atoms with Gasteiger partial charge in [0.25, 0.3) is 0 Å². The molecule has 0 aliphatic heterocycles. The zero-order chi connectivity index (χ0) is 27.6. The normalized spacial score (nSPS) is 45.5. The van der Waals surface area contributed by atoms with Gasteiger partial charge in [0, 0.05) is 18.9 Å². The molecule has 38 heavy (non-hydrogen) atoms. The Hall–Kier alpha value is -1.01. The fraction of sp³-hybridized carbons (Fsp3) is 0.848. The van der Waals surface area contributed by atoms with Crippen LogP contribution in [-0.2, 0) is 6.54 Å². The summed E-state index contributed by atoms with van der Waals surface area (Å²) in [6.07, 6.45) is 12.0. The zero-order valence-corrected chi connectivity index (χ0v) is 24.8. The van der Waals surface area contributed by atoms with Gasteiger partial charge in [0.1, 0.15) is 0 Å². The summed E-state index contributed by atoms with van der Waals surface area (Å²) in [5.74, 6) is 1.22. The van der Waals surface area contributed by atoms with Gasteiger partial charge in [0.15, 0.2) is 0 Å². The summed E-state index contributed by atoms with van der Waals surface area (Å²) in [6, 6.07) is 4.04. The first-order valence-corrected chi connectivity index (χ1v) is 15.5. The topological polar surface area (TPSA) is 85.6 Å². The molecule has 0 bridgehead atoms. The van der Waals surface area contributed by atoms with Crippen LogP contribution in [0, 0.1) is 45.3 Å². The second-order valence-electron chi connectivity index (χ2n) is 15.3. The van der Waals surface area contributed by atoms with Crippen LogP contribution in [0.2, 0.25) is 0 Å². The maximum Gasteiger partial charge on any atom is 0.0652 e. The SMILES string of the molecule is CC1(C)[C@@H](O)CC[C@]2(C)[C@H]3C[C@@H](O)[C@@H]4[C@@H]([C@@](C)(O)CCCNCc5cccnc5)CC[C@@]4(C)[C@]3(C)CC[C@@H]12. The highest BCUT2D eigenvalue weighted by molar-refractivity contribution is 5.20. The second-order valence-corrected chi connectivity index (χ2v) is 15.3. The van der Waals surface area contributed by atoms with Crippen molar-refractivity contribution in [2.24, 2.45) is 45.3 Å². The van der Waals surface area contributed by atoms with E-state index in [4.69, 9.17) is 0 Å². The third kappa shape index (κ3) is 4.30. The number of nitrogens with one attached hydrogen (secondary N) is 1. The molecule has 4 aliphatic carbocycles. The molecule has 4 fully saturated rings. The Morgan fingerprint density at radius 1 is 1.00 bits per heavy atom. The zero-order valence-electron chi connectivity index (χ0n) is 24.8. The van der Waals surface area contributed by atoms with Crippen LogP contribution in [0.25, 0.3) is 0 Å². The van der Waals surface area contributed by atoms with Gasteiger partial charge in [-0.15, -0.1) is 0 Å². The molecule has 214 valence electrons. The van der Waals surface area contributed by atoms with E-state index in [1.165, 1.54) is 12.0 Å². The summed E-state index contributed by atoms with van der Waals surface area (Å²) in [4.78, 5) is 4.18. The lowest BCUT2D eigenvalue weighted by atomic mass is 9.35. The third-order valence-electron chi connectivity index (χ3n) is 13.3. The molecule has 0 aromatic carbocycles. The maximum atomic E-state index is 11.9. The predicted octanol–water partition coefficient (Wildman–Crippen LogP) is 5.72. The Bertz CT molecular complexity index is 982. The van der Waals surface area contributed by atoms with Crippen LogP contribution in [0.5, 0.6) is 0 Å². The van der Waals surface area contributed by atoms with Crippen LogP contribution < -0.4 is 5.32 Å². The molecule has 0 amide bonds. The molecule has 4 aliphatic rings. The summed E-state index contributed by atoms with van der Waals surface area (Å²) in [7, 11) is 0. The van der Waals surface area contributed by atoms with Gasteiger partial charge in [0.2, 0.25) is 0 Å². The molecule has 1 aromatic rings. The number of nitrogens with zero attached hydrogens (tertiary/aromatic N) is 1. The Balaban J connectivity index is 1.30. The summed E-state index contributed by atoms with van der Waals surface area (Å²) in [5.41, 5.74) is 0.640. The minimum absolute atomic E-state index is 0.0245. The molecule has 5 heteroatoms. The first-order chi connectivity index (χ1) is 17.8. The molecule has 5 nitrogen and oxygen atoms in total. The lowest BCUT2D eigenvalue weighted by Crippen LogP contribution is -2.66. The molecule has 0 spiro atoms. The molecule has 0 unspecified atom stereocenters. The first kappa shape index (κ1) is 28.5. The molecular weight excluding hydrogens is 472 g/mol. The van der Waals surface area contributed by atoms with Crippen molar-refractivity contribution in [2.45, 2.75) is 124 Å². The van der Waals surface area contributed by atoms with E-state index in [2.05, 4.69) is 51.0 Å². The van der Waals surface area contributed by atoms with Gasteiger partial charge in [-0.25, -0.2) is 0 Å². The minimum atomic E-state index is -0.777. The van der Waals surface area contributed by atoms with Gasteiger partial charge in [-0.1, -0.05) is 40.7 Å². The van der Waals surface area contributed by atoms with Crippen LogP contribution in [-0.4, -0.2) is 44.7 Å². The lowest BCUT2D eigenvalue weighted by molar-refractivity contribution is -0.246. The second kappa shape index (κ2) is 9.82. The fourth-order valence-corrected chi connectivity index (χ4v) is 10.9. The van der Waals surface area contributed by atoms with Crippen molar-refractivity contribution in [2.75, 3.05) is 6.54 Å². The standard InChI is InChI=1S/C33H54N2O3/c1-29(2)25-11-16-31(4)26(30(25,3)14-12-27(29)37)19-24(36)28-23(10-15-32(28,31)5)33(6,38)13-8-18-35-21-22-9-7-17-34-20-22/h7,9,17,20,23-28,35-38H,8,10-16,18-19,21H2,1-6H3/t23-,24+,25-,26+,27-,28-,30-,31+,32+,33-/m0/s1. The van der Waals surface area contributed by atoms with E-state index in [9.17, 15) is 15.3 Å². The Morgan fingerprint density at radius 3 is 2.45 bits per heavy atom. The highest BCUT2D eigenvalue weighted by Crippen LogP contribution is 2.75. The average molecular weight is 527 g/mol. The quantitative estimate of drug-likeness (QED) is 0.342. The third-order valence-corrected chi connectivity index (χ3v) is 13.3. The molecule has 4 N–H and O–H groups in total. The molecule has 1 aromatic heterocycles. The van der Waals surface area contributed by atoms with Crippen molar-refractivity contribution in [3.63, 3.8) is 0 Å². The largest absolute Gasteiger partial charge is 0.393 e. The molecular formula is C33H54N2O3.